The molecule has 0 N–H and O–H groups in total. The molecule has 10 rings (SSSR count). The maximum absolute atomic E-state index is 9.50. The molecule has 0 aliphatic rings. The third-order valence-corrected chi connectivity index (χ3v) is 10.9. The Morgan fingerprint density at radius 1 is 0.305 bits per heavy atom. The van der Waals surface area contributed by atoms with E-state index >= 15 is 0 Å². The maximum Gasteiger partial charge on any atom is 0.137 e. The molecule has 0 spiro atoms. The van der Waals surface area contributed by atoms with Crippen LogP contribution in [0.2, 0.25) is 0 Å². The van der Waals surface area contributed by atoms with Crippen LogP contribution < -0.4 is 9.80 Å². The van der Waals surface area contributed by atoms with E-state index in [0.29, 0.717) is 5.56 Å². The number of fused-ring (bicyclic) bond motifs is 3. The van der Waals surface area contributed by atoms with Gasteiger partial charge in [0.15, 0.2) is 0 Å². The molecule has 0 amide bonds. The smallest absolute Gasteiger partial charge is 0.137 e. The third kappa shape index (κ3) is 6.99. The van der Waals surface area contributed by atoms with E-state index in [9.17, 15) is 5.26 Å². The van der Waals surface area contributed by atoms with E-state index in [0.717, 1.165) is 67.2 Å². The van der Waals surface area contributed by atoms with Crippen molar-refractivity contribution < 1.29 is 4.42 Å². The van der Waals surface area contributed by atoms with Crippen molar-refractivity contribution in [1.82, 2.24) is 0 Å². The van der Waals surface area contributed by atoms with Crippen LogP contribution in [0.25, 0.3) is 55.3 Å². The number of benzene rings is 9. The second kappa shape index (κ2) is 15.4. The second-order valence-corrected chi connectivity index (χ2v) is 14.5. The van der Waals surface area contributed by atoms with Crippen molar-refractivity contribution in [2.45, 2.75) is 0 Å². The standard InChI is InChI=1S/C55H37N3O/c56-38-39-15-27-47(28-16-39)58(51-35-36-53-52-13-7-8-14-54(52)59-55(53)37-51)50-33-25-45(26-34-50)44-23-31-49(32-24-44)57(46-11-5-2-6-12-46)48-29-21-43(22-30-48)42-19-17-41(18-20-42)40-9-3-1-4-10-40/h1-37H. The minimum absolute atomic E-state index is 0.619. The molecule has 0 radical (unpaired) electrons. The van der Waals surface area contributed by atoms with Gasteiger partial charge in [0.2, 0.25) is 0 Å². The van der Waals surface area contributed by atoms with Crippen LogP contribution in [-0.2, 0) is 0 Å². The van der Waals surface area contributed by atoms with Gasteiger partial charge in [0.25, 0.3) is 0 Å². The number of furan rings is 1. The van der Waals surface area contributed by atoms with E-state index < -0.39 is 0 Å². The lowest BCUT2D eigenvalue weighted by atomic mass is 10.00. The average molecular weight is 756 g/mol. The zero-order valence-electron chi connectivity index (χ0n) is 32.1. The average Bonchev–Trinajstić information content (AvgIpc) is 3.69. The Bertz CT molecular complexity index is 3060. The fraction of sp³-hybridized carbons (Fsp3) is 0. The topological polar surface area (TPSA) is 43.4 Å². The van der Waals surface area contributed by atoms with Gasteiger partial charge in [0.1, 0.15) is 11.2 Å². The van der Waals surface area contributed by atoms with Crippen molar-refractivity contribution in [1.29, 1.82) is 5.26 Å². The summed E-state index contributed by atoms with van der Waals surface area (Å²) in [7, 11) is 0. The summed E-state index contributed by atoms with van der Waals surface area (Å²) in [5.41, 5.74) is 15.5. The molecule has 0 saturated carbocycles. The van der Waals surface area contributed by atoms with Crippen molar-refractivity contribution in [2.24, 2.45) is 0 Å². The number of para-hydroxylation sites is 2. The highest BCUT2D eigenvalue weighted by Gasteiger charge is 2.17. The Kier molecular flexibility index (Phi) is 9.23. The first-order valence-corrected chi connectivity index (χ1v) is 19.7. The first-order chi connectivity index (χ1) is 29.2. The molecule has 278 valence electrons. The maximum atomic E-state index is 9.50. The summed E-state index contributed by atoms with van der Waals surface area (Å²) in [6, 6.07) is 80.4. The number of nitriles is 1. The summed E-state index contributed by atoms with van der Waals surface area (Å²) in [6.07, 6.45) is 0. The fourth-order valence-electron chi connectivity index (χ4n) is 7.90. The van der Waals surface area contributed by atoms with E-state index in [2.05, 4.69) is 192 Å². The fourth-order valence-corrected chi connectivity index (χ4v) is 7.90. The molecule has 59 heavy (non-hydrogen) atoms. The van der Waals surface area contributed by atoms with E-state index in [1.165, 1.54) is 22.3 Å². The largest absolute Gasteiger partial charge is 0.456 e. The monoisotopic (exact) mass is 755 g/mol. The van der Waals surface area contributed by atoms with Crippen molar-refractivity contribution >= 4 is 56.1 Å². The second-order valence-electron chi connectivity index (χ2n) is 14.5. The van der Waals surface area contributed by atoms with Crippen LogP contribution in [0.15, 0.2) is 229 Å². The highest BCUT2D eigenvalue weighted by atomic mass is 16.3. The number of rotatable bonds is 9. The van der Waals surface area contributed by atoms with Gasteiger partial charge < -0.3 is 14.2 Å². The quantitative estimate of drug-likeness (QED) is 0.147. The molecule has 1 aromatic heterocycles. The van der Waals surface area contributed by atoms with Gasteiger partial charge in [0.05, 0.1) is 11.6 Å². The van der Waals surface area contributed by atoms with Crippen molar-refractivity contribution in [2.75, 3.05) is 9.80 Å². The Hall–Kier alpha value is -8.13. The first kappa shape index (κ1) is 35.3. The Morgan fingerprint density at radius 2 is 0.661 bits per heavy atom. The summed E-state index contributed by atoms with van der Waals surface area (Å²) in [6.45, 7) is 0. The number of nitrogens with zero attached hydrogens (tertiary/aromatic N) is 3. The third-order valence-electron chi connectivity index (χ3n) is 10.9. The van der Waals surface area contributed by atoms with Gasteiger partial charge in [-0.2, -0.15) is 5.26 Å². The van der Waals surface area contributed by atoms with Crippen LogP contribution >= 0.6 is 0 Å². The number of hydrogen-bond acceptors (Lipinski definition) is 4. The number of hydrogen-bond donors (Lipinski definition) is 0. The molecule has 4 nitrogen and oxygen atoms in total. The zero-order chi connectivity index (χ0) is 39.5. The van der Waals surface area contributed by atoms with Gasteiger partial charge in [-0.1, -0.05) is 127 Å². The molecule has 4 heteroatoms. The first-order valence-electron chi connectivity index (χ1n) is 19.7. The van der Waals surface area contributed by atoms with Gasteiger partial charge in [-0.05, 0) is 124 Å². The lowest BCUT2D eigenvalue weighted by Crippen LogP contribution is -2.10. The van der Waals surface area contributed by atoms with Gasteiger partial charge in [-0.15, -0.1) is 0 Å². The molecule has 0 unspecified atom stereocenters. The lowest BCUT2D eigenvalue weighted by Gasteiger charge is -2.26. The van der Waals surface area contributed by atoms with Gasteiger partial charge in [0, 0.05) is 51.0 Å². The van der Waals surface area contributed by atoms with Crippen LogP contribution in [0.5, 0.6) is 0 Å². The van der Waals surface area contributed by atoms with Crippen LogP contribution in [-0.4, -0.2) is 0 Å². The van der Waals surface area contributed by atoms with Gasteiger partial charge >= 0.3 is 0 Å². The SMILES string of the molecule is N#Cc1ccc(N(c2ccc(-c3ccc(N(c4ccccc4)c4ccc(-c5ccc(-c6ccccc6)cc5)cc4)cc3)cc2)c2ccc3c(c2)oc2ccccc23)cc1. The normalized spacial score (nSPS) is 11.0. The van der Waals surface area contributed by atoms with Gasteiger partial charge in [-0.25, -0.2) is 0 Å². The predicted molar refractivity (Wildman–Crippen MR) is 244 cm³/mol. The molecule has 10 aromatic rings. The summed E-state index contributed by atoms with van der Waals surface area (Å²) in [5, 5.41) is 11.7. The van der Waals surface area contributed by atoms with Crippen molar-refractivity contribution in [3.05, 3.63) is 230 Å². The molecule has 1 heterocycles. The minimum Gasteiger partial charge on any atom is -0.456 e. The highest BCUT2D eigenvalue weighted by Crippen LogP contribution is 2.40. The lowest BCUT2D eigenvalue weighted by molar-refractivity contribution is 0.669. The van der Waals surface area contributed by atoms with Crippen LogP contribution in [0.1, 0.15) is 5.56 Å². The summed E-state index contributed by atoms with van der Waals surface area (Å²) >= 11 is 0. The molecular weight excluding hydrogens is 719 g/mol. The Morgan fingerprint density at radius 3 is 1.17 bits per heavy atom. The molecule has 0 aliphatic carbocycles. The summed E-state index contributed by atoms with van der Waals surface area (Å²) in [5.74, 6) is 0. The molecule has 9 aromatic carbocycles. The van der Waals surface area contributed by atoms with E-state index in [4.69, 9.17) is 4.42 Å². The van der Waals surface area contributed by atoms with E-state index in [1.54, 1.807) is 0 Å². The minimum atomic E-state index is 0.619. The molecule has 0 fully saturated rings. The van der Waals surface area contributed by atoms with Crippen molar-refractivity contribution in [3.63, 3.8) is 0 Å². The Labute approximate surface area is 343 Å². The molecule has 0 aliphatic heterocycles. The number of anilines is 6. The van der Waals surface area contributed by atoms with Gasteiger partial charge in [-0.3, -0.25) is 0 Å². The zero-order valence-corrected chi connectivity index (χ0v) is 32.1. The van der Waals surface area contributed by atoms with Crippen LogP contribution in [0.4, 0.5) is 34.1 Å². The predicted octanol–water partition coefficient (Wildman–Crippen LogP) is 15.4. The molecule has 0 saturated heterocycles. The Balaban J connectivity index is 0.937. The van der Waals surface area contributed by atoms with Crippen LogP contribution in [0.3, 0.4) is 0 Å². The summed E-state index contributed by atoms with van der Waals surface area (Å²) < 4.78 is 6.28. The van der Waals surface area contributed by atoms with Crippen LogP contribution in [0, 0.1) is 11.3 Å². The molecule has 0 bridgehead atoms. The van der Waals surface area contributed by atoms with Crippen molar-refractivity contribution in [3.8, 4) is 39.4 Å². The summed E-state index contributed by atoms with van der Waals surface area (Å²) in [4.78, 5) is 4.49. The van der Waals surface area contributed by atoms with E-state index in [-0.39, 0.29) is 0 Å². The molecule has 0 atom stereocenters. The van der Waals surface area contributed by atoms with E-state index in [1.807, 2.05) is 48.5 Å². The highest BCUT2D eigenvalue weighted by molar-refractivity contribution is 6.06. The molecular formula is C55H37N3O.